The Bertz CT molecular complexity index is 3510. The summed E-state index contributed by atoms with van der Waals surface area (Å²) < 4.78 is 9.24. The molecule has 1 unspecified atom stereocenters. The van der Waals surface area contributed by atoms with E-state index in [2.05, 4.69) is 193 Å². The summed E-state index contributed by atoms with van der Waals surface area (Å²) in [6.07, 6.45) is 0.858. The number of amidine groups is 1. The number of rotatable bonds is 5. The molecule has 11 aromatic rings. The molecule has 9 aromatic carbocycles. The highest BCUT2D eigenvalue weighted by molar-refractivity contribution is 6.23. The molecule has 2 atom stereocenters. The van der Waals surface area contributed by atoms with Gasteiger partial charge in [0.05, 0.1) is 28.5 Å². The van der Waals surface area contributed by atoms with Crippen LogP contribution in [0, 0.1) is 5.92 Å². The smallest absolute Gasteiger partial charge is 0.156 e. The minimum Gasteiger partial charge on any atom is -0.456 e. The van der Waals surface area contributed by atoms with Crippen LogP contribution in [0.4, 0.5) is 0 Å². The lowest BCUT2D eigenvalue weighted by Crippen LogP contribution is -2.28. The molecule has 3 heterocycles. The molecule has 1 aliphatic heterocycles. The van der Waals surface area contributed by atoms with Gasteiger partial charge < -0.3 is 8.98 Å². The van der Waals surface area contributed by atoms with Gasteiger partial charge in [-0.2, -0.15) is 0 Å². The molecule has 0 spiro atoms. The van der Waals surface area contributed by atoms with Gasteiger partial charge in [-0.05, 0) is 86.3 Å². The van der Waals surface area contributed by atoms with Crippen LogP contribution >= 0.6 is 0 Å². The average molecular weight is 744 g/mol. The molecule has 0 aliphatic carbocycles. The Morgan fingerprint density at radius 3 is 1.98 bits per heavy atom. The zero-order valence-electron chi connectivity index (χ0n) is 31.9. The van der Waals surface area contributed by atoms with Gasteiger partial charge in [0.2, 0.25) is 0 Å². The second-order valence-electron chi connectivity index (χ2n) is 15.5. The molecule has 0 radical (unpaired) electrons. The van der Waals surface area contributed by atoms with E-state index in [1.54, 1.807) is 0 Å². The molecule has 0 N–H and O–H groups in total. The molecule has 0 saturated heterocycles. The summed E-state index contributed by atoms with van der Waals surface area (Å²) in [5, 5.41) is 11.8. The van der Waals surface area contributed by atoms with Gasteiger partial charge in [0.15, 0.2) is 5.84 Å². The number of aliphatic imine (C=N–C) groups is 2. The van der Waals surface area contributed by atoms with E-state index in [0.29, 0.717) is 0 Å². The van der Waals surface area contributed by atoms with E-state index in [-0.39, 0.29) is 12.0 Å². The Kier molecular flexibility index (Phi) is 7.30. The molecule has 58 heavy (non-hydrogen) atoms. The normalized spacial score (nSPS) is 15.9. The summed E-state index contributed by atoms with van der Waals surface area (Å²) >= 11 is 0. The van der Waals surface area contributed by atoms with E-state index < -0.39 is 0 Å². The van der Waals surface area contributed by atoms with Crippen LogP contribution in [0.5, 0.6) is 0 Å². The second-order valence-corrected chi connectivity index (χ2v) is 15.5. The number of benzene rings is 9. The number of hydrogen-bond donors (Lipinski definition) is 0. The molecule has 4 heteroatoms. The largest absolute Gasteiger partial charge is 0.456 e. The van der Waals surface area contributed by atoms with Crippen molar-refractivity contribution < 1.29 is 4.42 Å². The molecular formula is C54H37N3O. The minimum absolute atomic E-state index is 0.00655. The van der Waals surface area contributed by atoms with Crippen LogP contribution in [-0.2, 0) is 0 Å². The lowest BCUT2D eigenvalue weighted by atomic mass is 9.81. The number of aromatic nitrogens is 1. The third-order valence-corrected chi connectivity index (χ3v) is 12.3. The van der Waals surface area contributed by atoms with E-state index in [4.69, 9.17) is 14.4 Å². The van der Waals surface area contributed by atoms with E-state index in [1.807, 2.05) is 0 Å². The van der Waals surface area contributed by atoms with Gasteiger partial charge in [0.25, 0.3) is 0 Å². The Morgan fingerprint density at radius 1 is 0.517 bits per heavy atom. The summed E-state index contributed by atoms with van der Waals surface area (Å²) in [5.41, 5.74) is 9.46. The van der Waals surface area contributed by atoms with Gasteiger partial charge in [0.1, 0.15) is 11.2 Å². The molecule has 0 bridgehead atoms. The van der Waals surface area contributed by atoms with Crippen molar-refractivity contribution in [3.8, 4) is 5.69 Å². The van der Waals surface area contributed by atoms with Crippen molar-refractivity contribution in [2.45, 2.75) is 19.4 Å². The molecule has 0 saturated carbocycles. The third kappa shape index (κ3) is 4.94. The van der Waals surface area contributed by atoms with Gasteiger partial charge >= 0.3 is 0 Å². The van der Waals surface area contributed by atoms with Gasteiger partial charge in [-0.15, -0.1) is 0 Å². The highest BCUT2D eigenvalue weighted by atomic mass is 16.3. The van der Waals surface area contributed by atoms with Crippen LogP contribution in [0.15, 0.2) is 196 Å². The molecule has 2 aromatic heterocycles. The lowest BCUT2D eigenvalue weighted by Gasteiger charge is -2.31. The Balaban J connectivity index is 1.18. The summed E-state index contributed by atoms with van der Waals surface area (Å²) in [7, 11) is 0. The van der Waals surface area contributed by atoms with E-state index >= 15 is 0 Å². The summed E-state index contributed by atoms with van der Waals surface area (Å²) in [5.74, 6) is 0.761. The molecule has 1 aliphatic rings. The van der Waals surface area contributed by atoms with Gasteiger partial charge in [-0.25, -0.2) is 4.99 Å². The zero-order chi connectivity index (χ0) is 38.3. The SMILES string of the molecule is CC[C@@H]1C(c2ccccc2)=NC(c2cc3ccccc3c3ccccc23)=NC1c1cc(-n2c3ccccc3c3cc4ccccc4cc32)cc2oc3ccccc3c12. The summed E-state index contributed by atoms with van der Waals surface area (Å²) in [6, 6.07) is 65.2. The number of fused-ring (bicyclic) bond motifs is 10. The van der Waals surface area contributed by atoms with Crippen LogP contribution in [0.3, 0.4) is 0 Å². The first-order valence-electron chi connectivity index (χ1n) is 20.2. The van der Waals surface area contributed by atoms with E-state index in [1.165, 1.54) is 37.7 Å². The van der Waals surface area contributed by atoms with Crippen molar-refractivity contribution in [3.63, 3.8) is 0 Å². The van der Waals surface area contributed by atoms with Crippen molar-refractivity contribution in [1.29, 1.82) is 0 Å². The van der Waals surface area contributed by atoms with Crippen LogP contribution in [0.1, 0.15) is 36.1 Å². The first-order valence-corrected chi connectivity index (χ1v) is 20.2. The fourth-order valence-corrected chi connectivity index (χ4v) is 9.72. The standard InChI is InChI=1S/C54H37N3O/c1-2-38-52(33-16-4-3-5-17-33)55-54(45-29-36-20-8-9-21-39(36)40-22-10-11-23-41(40)45)56-53(38)46-31-37(32-50-51(46)43-25-13-15-27-49(43)58-50)57-47-26-14-12-24-42(47)44-28-34-18-6-7-19-35(34)30-48(44)57/h3-32,38,53H,2H2,1H3/t38-,53?/m1/s1. The van der Waals surface area contributed by atoms with Gasteiger partial charge in [-0.1, -0.05) is 146 Å². The van der Waals surface area contributed by atoms with Crippen molar-refractivity contribution in [2.24, 2.45) is 15.9 Å². The van der Waals surface area contributed by atoms with Crippen LogP contribution < -0.4 is 0 Å². The maximum Gasteiger partial charge on any atom is 0.156 e. The molecule has 0 fully saturated rings. The Hall–Kier alpha value is -7.30. The molecule has 4 nitrogen and oxygen atoms in total. The van der Waals surface area contributed by atoms with Gasteiger partial charge in [-0.3, -0.25) is 4.99 Å². The average Bonchev–Trinajstić information content (AvgIpc) is 3.82. The van der Waals surface area contributed by atoms with Crippen molar-refractivity contribution >= 4 is 87.6 Å². The number of furan rings is 1. The van der Waals surface area contributed by atoms with Crippen molar-refractivity contribution in [2.75, 3.05) is 0 Å². The van der Waals surface area contributed by atoms with Gasteiger partial charge in [0, 0.05) is 39.1 Å². The fraction of sp³-hybridized carbons (Fsp3) is 0.0741. The topological polar surface area (TPSA) is 42.8 Å². The molecule has 274 valence electrons. The first kappa shape index (κ1) is 32.9. The third-order valence-electron chi connectivity index (χ3n) is 12.3. The summed E-state index contributed by atoms with van der Waals surface area (Å²) in [4.78, 5) is 11.4. The Labute approximate surface area is 335 Å². The maximum absolute atomic E-state index is 6.82. The second kappa shape index (κ2) is 12.9. The molecular weight excluding hydrogens is 707 g/mol. The predicted octanol–water partition coefficient (Wildman–Crippen LogP) is 14.2. The molecule has 12 rings (SSSR count). The number of nitrogens with zero attached hydrogens (tertiary/aromatic N) is 3. The van der Waals surface area contributed by atoms with Crippen molar-refractivity contribution in [3.05, 3.63) is 199 Å². The van der Waals surface area contributed by atoms with Crippen molar-refractivity contribution in [1.82, 2.24) is 4.57 Å². The Morgan fingerprint density at radius 2 is 1.17 bits per heavy atom. The van der Waals surface area contributed by atoms with Crippen LogP contribution in [0.2, 0.25) is 0 Å². The highest BCUT2D eigenvalue weighted by Crippen LogP contribution is 2.45. The fourth-order valence-electron chi connectivity index (χ4n) is 9.72. The quantitative estimate of drug-likeness (QED) is 0.162. The zero-order valence-corrected chi connectivity index (χ0v) is 31.9. The first-order chi connectivity index (χ1) is 28.7. The number of para-hydroxylation sites is 2. The van der Waals surface area contributed by atoms with E-state index in [9.17, 15) is 0 Å². The highest BCUT2D eigenvalue weighted by Gasteiger charge is 2.35. The van der Waals surface area contributed by atoms with Crippen LogP contribution in [-0.4, -0.2) is 16.1 Å². The summed E-state index contributed by atoms with van der Waals surface area (Å²) in [6.45, 7) is 2.27. The lowest BCUT2D eigenvalue weighted by molar-refractivity contribution is 0.535. The van der Waals surface area contributed by atoms with E-state index in [0.717, 1.165) is 78.7 Å². The minimum atomic E-state index is -0.254. The van der Waals surface area contributed by atoms with Crippen LogP contribution in [0.25, 0.3) is 81.7 Å². The monoisotopic (exact) mass is 743 g/mol. The maximum atomic E-state index is 6.82. The molecule has 0 amide bonds. The predicted molar refractivity (Wildman–Crippen MR) is 243 cm³/mol. The number of hydrogen-bond acceptors (Lipinski definition) is 3.